The van der Waals surface area contributed by atoms with E-state index in [2.05, 4.69) is 52.7 Å². The highest BCUT2D eigenvalue weighted by molar-refractivity contribution is 9.10. The van der Waals surface area contributed by atoms with Gasteiger partial charge in [0.2, 0.25) is 11.9 Å². The van der Waals surface area contributed by atoms with Crippen LogP contribution in [-0.4, -0.2) is 50.5 Å². The van der Waals surface area contributed by atoms with Crippen LogP contribution in [-0.2, 0) is 26.2 Å². The molecule has 46 heavy (non-hydrogen) atoms. The Labute approximate surface area is 281 Å². The van der Waals surface area contributed by atoms with Gasteiger partial charge in [0.1, 0.15) is 11.4 Å². The number of imidazole rings is 2. The second-order valence-electron chi connectivity index (χ2n) is 10.7. The van der Waals surface area contributed by atoms with Gasteiger partial charge in [-0.3, -0.25) is 29.6 Å². The highest BCUT2D eigenvalue weighted by Gasteiger charge is 2.20. The summed E-state index contributed by atoms with van der Waals surface area (Å²) in [6, 6.07) is 15.2. The summed E-state index contributed by atoms with van der Waals surface area (Å²) in [5.41, 5.74) is 5.73. The van der Waals surface area contributed by atoms with Crippen LogP contribution in [0.1, 0.15) is 46.2 Å². The zero-order chi connectivity index (χ0) is 32.5. The Balaban J connectivity index is 1.28. The lowest BCUT2D eigenvalue weighted by molar-refractivity contribution is 0.100. The summed E-state index contributed by atoms with van der Waals surface area (Å²) in [5, 5.41) is 14.8. The van der Waals surface area contributed by atoms with Gasteiger partial charge in [0.25, 0.3) is 11.8 Å². The number of nitrogens with one attached hydrogen (secondary N) is 2. The molecule has 0 aliphatic heterocycles. The molecule has 0 atom stereocenters. The van der Waals surface area contributed by atoms with Crippen molar-refractivity contribution in [3.63, 3.8) is 0 Å². The summed E-state index contributed by atoms with van der Waals surface area (Å²) in [6.07, 6.45) is 4.01. The van der Waals surface area contributed by atoms with E-state index in [1.54, 1.807) is 21.5 Å². The lowest BCUT2D eigenvalue weighted by Gasteiger charge is -2.10. The van der Waals surface area contributed by atoms with Crippen LogP contribution in [0.25, 0.3) is 22.1 Å². The van der Waals surface area contributed by atoms with E-state index in [-0.39, 0.29) is 11.8 Å². The molecule has 0 bridgehead atoms. The molecular formula is C32H32Br2N10O2. The van der Waals surface area contributed by atoms with Crippen molar-refractivity contribution in [2.75, 3.05) is 10.6 Å². The van der Waals surface area contributed by atoms with Crippen LogP contribution in [0.2, 0.25) is 0 Å². The first-order chi connectivity index (χ1) is 22.1. The molecule has 236 valence electrons. The fourth-order valence-electron chi connectivity index (χ4n) is 5.40. The molecule has 4 aromatic heterocycles. The summed E-state index contributed by atoms with van der Waals surface area (Å²) in [6.45, 7) is 9.65. The number of nitrogens with zero attached hydrogens (tertiary/aromatic N) is 8. The van der Waals surface area contributed by atoms with Gasteiger partial charge in [-0.25, -0.2) is 9.97 Å². The number of anilines is 2. The van der Waals surface area contributed by atoms with Crippen molar-refractivity contribution in [1.29, 1.82) is 0 Å². The van der Waals surface area contributed by atoms with Crippen LogP contribution in [0, 0.1) is 13.8 Å². The Kier molecular flexibility index (Phi) is 8.91. The average Bonchev–Trinajstić information content (AvgIpc) is 3.77. The average molecular weight is 748 g/mol. The Hall–Kier alpha value is -4.56. The Morgan fingerprint density at radius 2 is 1.11 bits per heavy atom. The lowest BCUT2D eigenvalue weighted by atomic mass is 10.3. The first-order valence-electron chi connectivity index (χ1n) is 14.8. The minimum Gasteiger partial charge on any atom is -0.306 e. The maximum atomic E-state index is 13.3. The van der Waals surface area contributed by atoms with Crippen molar-refractivity contribution in [3.8, 4) is 0 Å². The van der Waals surface area contributed by atoms with Gasteiger partial charge in [0.15, 0.2) is 0 Å². The van der Waals surface area contributed by atoms with Crippen LogP contribution in [0.3, 0.4) is 0 Å². The number of fused-ring (bicyclic) bond motifs is 2. The number of aromatic nitrogens is 8. The van der Waals surface area contributed by atoms with E-state index in [0.717, 1.165) is 42.4 Å². The standard InChI is InChI=1S/C32H32Br2N10O2/c1-5-43-27(15-19(3)39-43)29(45)37-31-35-23-17-21(33)9-11-25(23)41(31)13-7-8-14-42-26-12-10-22(34)18-24(26)36-32(42)38-30(46)28-16-20(4)40-44(28)6-2/h7-12,15-18H,5-6,13-14H2,1-4H3,(H,35,37,45)(H,36,38,46)/b8-7+. The van der Waals surface area contributed by atoms with Crippen molar-refractivity contribution in [3.05, 3.63) is 92.4 Å². The second kappa shape index (κ2) is 13.0. The molecule has 2 amide bonds. The first-order valence-corrected chi connectivity index (χ1v) is 16.4. The summed E-state index contributed by atoms with van der Waals surface area (Å²) < 4.78 is 9.04. The van der Waals surface area contributed by atoms with Gasteiger partial charge in [-0.1, -0.05) is 44.0 Å². The zero-order valence-electron chi connectivity index (χ0n) is 25.8. The van der Waals surface area contributed by atoms with Crippen LogP contribution in [0.4, 0.5) is 11.9 Å². The number of amides is 2. The summed E-state index contributed by atoms with van der Waals surface area (Å²) in [4.78, 5) is 36.1. The van der Waals surface area contributed by atoms with Crippen LogP contribution in [0.5, 0.6) is 0 Å². The van der Waals surface area contributed by atoms with E-state index in [1.165, 1.54) is 0 Å². The third-order valence-electron chi connectivity index (χ3n) is 7.48. The number of carbonyl (C=O) groups is 2. The van der Waals surface area contributed by atoms with Gasteiger partial charge < -0.3 is 9.13 Å². The predicted molar refractivity (Wildman–Crippen MR) is 185 cm³/mol. The van der Waals surface area contributed by atoms with Gasteiger partial charge >= 0.3 is 0 Å². The van der Waals surface area contributed by atoms with Gasteiger partial charge in [0, 0.05) is 35.1 Å². The number of hydrogen-bond donors (Lipinski definition) is 2. The quantitative estimate of drug-likeness (QED) is 0.150. The van der Waals surface area contributed by atoms with E-state index in [4.69, 9.17) is 9.97 Å². The van der Waals surface area contributed by atoms with Gasteiger partial charge in [0.05, 0.1) is 33.5 Å². The molecule has 0 saturated carbocycles. The molecule has 0 spiro atoms. The molecule has 4 heterocycles. The topological polar surface area (TPSA) is 129 Å². The van der Waals surface area contributed by atoms with E-state index < -0.39 is 0 Å². The molecule has 6 rings (SSSR count). The molecule has 14 heteroatoms. The summed E-state index contributed by atoms with van der Waals surface area (Å²) in [5.74, 6) is 0.298. The van der Waals surface area contributed by atoms with E-state index in [0.29, 0.717) is 49.5 Å². The maximum absolute atomic E-state index is 13.3. The van der Waals surface area contributed by atoms with Crippen molar-refractivity contribution in [2.45, 2.75) is 53.9 Å². The monoisotopic (exact) mass is 746 g/mol. The number of benzene rings is 2. The molecular weight excluding hydrogens is 716 g/mol. The fourth-order valence-corrected chi connectivity index (χ4v) is 6.09. The predicted octanol–water partition coefficient (Wildman–Crippen LogP) is 6.72. The van der Waals surface area contributed by atoms with Gasteiger partial charge in [-0.05, 0) is 76.2 Å². The van der Waals surface area contributed by atoms with E-state index >= 15 is 0 Å². The second-order valence-corrected chi connectivity index (χ2v) is 12.5. The normalized spacial score (nSPS) is 11.7. The van der Waals surface area contributed by atoms with Gasteiger partial charge in [-0.15, -0.1) is 0 Å². The van der Waals surface area contributed by atoms with Crippen molar-refractivity contribution >= 4 is 77.6 Å². The number of rotatable bonds is 10. The zero-order valence-corrected chi connectivity index (χ0v) is 28.9. The summed E-state index contributed by atoms with van der Waals surface area (Å²) in [7, 11) is 0. The molecule has 0 radical (unpaired) electrons. The van der Waals surface area contributed by atoms with Gasteiger partial charge in [-0.2, -0.15) is 10.2 Å². The molecule has 12 nitrogen and oxygen atoms in total. The smallest absolute Gasteiger partial charge is 0.276 e. The van der Waals surface area contributed by atoms with E-state index in [9.17, 15) is 9.59 Å². The Bertz CT molecular complexity index is 1990. The van der Waals surface area contributed by atoms with Crippen molar-refractivity contribution in [2.24, 2.45) is 0 Å². The number of hydrogen-bond acceptors (Lipinski definition) is 6. The molecule has 0 fully saturated rings. The number of halogens is 2. The van der Waals surface area contributed by atoms with E-state index in [1.807, 2.05) is 85.4 Å². The molecule has 2 N–H and O–H groups in total. The molecule has 6 aromatic rings. The Morgan fingerprint density at radius 1 is 0.696 bits per heavy atom. The summed E-state index contributed by atoms with van der Waals surface area (Å²) >= 11 is 7.05. The molecule has 0 aliphatic carbocycles. The first kappa shape index (κ1) is 31.4. The third kappa shape index (κ3) is 6.27. The number of carbonyl (C=O) groups excluding carboxylic acids is 2. The maximum Gasteiger partial charge on any atom is 0.276 e. The third-order valence-corrected chi connectivity index (χ3v) is 8.47. The Morgan fingerprint density at radius 3 is 1.50 bits per heavy atom. The molecule has 0 saturated heterocycles. The van der Waals surface area contributed by atoms with Crippen LogP contribution in [0.15, 0.2) is 69.6 Å². The van der Waals surface area contributed by atoms with Crippen molar-refractivity contribution < 1.29 is 9.59 Å². The van der Waals surface area contributed by atoms with Crippen LogP contribution < -0.4 is 10.6 Å². The minimum atomic E-state index is -0.280. The SMILES string of the molecule is CCn1nc(C)cc1C(=O)Nc1nc2cc(Br)ccc2n1C/C=C/Cn1c(NC(=O)c2cc(C)nn2CC)nc2cc(Br)ccc21. The highest BCUT2D eigenvalue weighted by atomic mass is 79.9. The van der Waals surface area contributed by atoms with Crippen molar-refractivity contribution in [1.82, 2.24) is 38.7 Å². The minimum absolute atomic E-state index is 0.280. The molecule has 0 unspecified atom stereocenters. The van der Waals surface area contributed by atoms with Crippen LogP contribution >= 0.6 is 31.9 Å². The number of allylic oxidation sites excluding steroid dienone is 2. The largest absolute Gasteiger partial charge is 0.306 e. The molecule has 0 aliphatic rings. The molecule has 2 aromatic carbocycles. The highest BCUT2D eigenvalue weighted by Crippen LogP contribution is 2.26. The lowest BCUT2D eigenvalue weighted by Crippen LogP contribution is -2.20. The fraction of sp³-hybridized carbons (Fsp3) is 0.250. The number of aryl methyl sites for hydroxylation is 4.